The summed E-state index contributed by atoms with van der Waals surface area (Å²) in [5.41, 5.74) is 0.644. The third-order valence-corrected chi connectivity index (χ3v) is 4.87. The van der Waals surface area contributed by atoms with Gasteiger partial charge in [-0.2, -0.15) is 0 Å². The van der Waals surface area contributed by atoms with Crippen LogP contribution in [0.4, 0.5) is 0 Å². The monoisotopic (exact) mass is 336 g/mol. The van der Waals surface area contributed by atoms with Crippen molar-refractivity contribution >= 4 is 23.4 Å². The molecular formula is C18H25ClN2O2. The Hall–Kier alpha value is -1.55. The number of halogens is 1. The smallest absolute Gasteiger partial charge is 0.253 e. The Morgan fingerprint density at radius 3 is 2.22 bits per heavy atom. The third-order valence-electron chi connectivity index (χ3n) is 4.61. The summed E-state index contributed by atoms with van der Waals surface area (Å²) >= 11 is 5.85. The highest BCUT2D eigenvalue weighted by Crippen LogP contribution is 2.20. The molecule has 2 amide bonds. The summed E-state index contributed by atoms with van der Waals surface area (Å²) in [7, 11) is 0. The number of benzene rings is 1. The molecule has 5 heteroatoms. The van der Waals surface area contributed by atoms with Crippen LogP contribution in [0.3, 0.4) is 0 Å². The van der Waals surface area contributed by atoms with E-state index in [-0.39, 0.29) is 23.8 Å². The fourth-order valence-corrected chi connectivity index (χ4v) is 2.75. The molecular weight excluding hydrogens is 312 g/mol. The van der Waals surface area contributed by atoms with Gasteiger partial charge in [0.15, 0.2) is 0 Å². The number of carbonyl (C=O) groups excluding carboxylic acids is 2. The van der Waals surface area contributed by atoms with Gasteiger partial charge in [0.1, 0.15) is 0 Å². The summed E-state index contributed by atoms with van der Waals surface area (Å²) < 4.78 is 0. The van der Waals surface area contributed by atoms with Gasteiger partial charge in [-0.25, -0.2) is 0 Å². The number of hydrogen-bond acceptors (Lipinski definition) is 2. The standard InChI is InChI=1S/C18H25ClN2O2/c1-12(2)13(3)20-17(22)14-8-10-21(11-9-14)18(23)15-4-6-16(19)7-5-15/h4-7,12-14H,8-11H2,1-3H3,(H,20,22)/t13-/m1/s1. The van der Waals surface area contributed by atoms with Crippen molar-refractivity contribution in [1.29, 1.82) is 0 Å². The number of amides is 2. The van der Waals surface area contributed by atoms with Crippen molar-refractivity contribution in [1.82, 2.24) is 10.2 Å². The molecule has 0 spiro atoms. The van der Waals surface area contributed by atoms with Crippen LogP contribution in [0.15, 0.2) is 24.3 Å². The van der Waals surface area contributed by atoms with Crippen LogP contribution >= 0.6 is 11.6 Å². The Kier molecular flexibility index (Phi) is 6.05. The maximum absolute atomic E-state index is 12.4. The zero-order valence-electron chi connectivity index (χ0n) is 14.0. The van der Waals surface area contributed by atoms with E-state index in [4.69, 9.17) is 11.6 Å². The van der Waals surface area contributed by atoms with Gasteiger partial charge >= 0.3 is 0 Å². The molecule has 0 bridgehead atoms. The van der Waals surface area contributed by atoms with Gasteiger partial charge in [0, 0.05) is 35.6 Å². The fraction of sp³-hybridized carbons (Fsp3) is 0.556. The molecule has 0 aliphatic carbocycles. The molecule has 1 aromatic rings. The van der Waals surface area contributed by atoms with Gasteiger partial charge < -0.3 is 10.2 Å². The van der Waals surface area contributed by atoms with Gasteiger partial charge in [0.2, 0.25) is 5.91 Å². The van der Waals surface area contributed by atoms with Crippen LogP contribution in [0.5, 0.6) is 0 Å². The second-order valence-electron chi connectivity index (χ2n) is 6.61. The molecule has 0 unspecified atom stereocenters. The summed E-state index contributed by atoms with van der Waals surface area (Å²) in [6.07, 6.45) is 1.44. The molecule has 1 saturated heterocycles. The highest BCUT2D eigenvalue weighted by molar-refractivity contribution is 6.30. The van der Waals surface area contributed by atoms with Crippen LogP contribution in [0, 0.1) is 11.8 Å². The van der Waals surface area contributed by atoms with Crippen molar-refractivity contribution in [2.45, 2.75) is 39.7 Å². The Labute approximate surface area is 143 Å². The van der Waals surface area contributed by atoms with Gasteiger partial charge in [-0.3, -0.25) is 9.59 Å². The van der Waals surface area contributed by atoms with Crippen molar-refractivity contribution in [3.63, 3.8) is 0 Å². The highest BCUT2D eigenvalue weighted by atomic mass is 35.5. The Bertz CT molecular complexity index is 549. The second kappa shape index (κ2) is 7.82. The zero-order valence-corrected chi connectivity index (χ0v) is 14.8. The molecule has 23 heavy (non-hydrogen) atoms. The van der Waals surface area contributed by atoms with E-state index >= 15 is 0 Å². The first-order valence-electron chi connectivity index (χ1n) is 8.23. The molecule has 1 atom stereocenters. The lowest BCUT2D eigenvalue weighted by Crippen LogP contribution is -2.45. The van der Waals surface area contributed by atoms with Crippen LogP contribution in [0.25, 0.3) is 0 Å². The summed E-state index contributed by atoms with van der Waals surface area (Å²) in [6, 6.07) is 7.11. The van der Waals surface area contributed by atoms with Gasteiger partial charge in [-0.15, -0.1) is 0 Å². The maximum Gasteiger partial charge on any atom is 0.253 e. The first kappa shape index (κ1) is 17.8. The molecule has 1 aliphatic rings. The van der Waals surface area contributed by atoms with Crippen molar-refractivity contribution in [3.05, 3.63) is 34.9 Å². The molecule has 1 aliphatic heterocycles. The molecule has 4 nitrogen and oxygen atoms in total. The molecule has 1 heterocycles. The number of rotatable bonds is 4. The number of nitrogens with zero attached hydrogens (tertiary/aromatic N) is 1. The minimum absolute atomic E-state index is 0.00506. The van der Waals surface area contributed by atoms with Gasteiger partial charge in [-0.05, 0) is 49.9 Å². The molecule has 126 valence electrons. The maximum atomic E-state index is 12.4. The number of carbonyl (C=O) groups is 2. The SMILES string of the molecule is CC(C)[C@@H](C)NC(=O)C1CCN(C(=O)c2ccc(Cl)cc2)CC1. The van der Waals surface area contributed by atoms with Gasteiger partial charge in [0.25, 0.3) is 5.91 Å². The van der Waals surface area contributed by atoms with Gasteiger partial charge in [0.05, 0.1) is 0 Å². The molecule has 1 aromatic carbocycles. The average Bonchev–Trinajstić information content (AvgIpc) is 2.55. The Morgan fingerprint density at radius 1 is 1.13 bits per heavy atom. The van der Waals surface area contributed by atoms with E-state index in [1.54, 1.807) is 24.3 Å². The van der Waals surface area contributed by atoms with Gasteiger partial charge in [-0.1, -0.05) is 25.4 Å². The number of likely N-dealkylation sites (tertiary alicyclic amines) is 1. The van der Waals surface area contributed by atoms with Crippen molar-refractivity contribution < 1.29 is 9.59 Å². The molecule has 0 aromatic heterocycles. The Morgan fingerprint density at radius 2 is 1.70 bits per heavy atom. The van der Waals surface area contributed by atoms with Crippen molar-refractivity contribution in [3.8, 4) is 0 Å². The van der Waals surface area contributed by atoms with Crippen LogP contribution in [0.2, 0.25) is 5.02 Å². The number of hydrogen-bond donors (Lipinski definition) is 1. The Balaban J connectivity index is 1.87. The normalized spacial score (nSPS) is 17.2. The quantitative estimate of drug-likeness (QED) is 0.916. The summed E-state index contributed by atoms with van der Waals surface area (Å²) in [5, 5.41) is 3.70. The summed E-state index contributed by atoms with van der Waals surface area (Å²) in [4.78, 5) is 26.5. The molecule has 2 rings (SSSR count). The summed E-state index contributed by atoms with van der Waals surface area (Å²) in [6.45, 7) is 7.46. The van der Waals surface area contributed by atoms with Crippen LogP contribution in [-0.2, 0) is 4.79 Å². The lowest BCUT2D eigenvalue weighted by Gasteiger charge is -2.32. The predicted octanol–water partition coefficient (Wildman–Crippen LogP) is 3.35. The lowest BCUT2D eigenvalue weighted by atomic mass is 9.94. The molecule has 1 fully saturated rings. The molecule has 0 saturated carbocycles. The number of piperidine rings is 1. The van der Waals surface area contributed by atoms with E-state index in [9.17, 15) is 9.59 Å². The van der Waals surface area contributed by atoms with Crippen molar-refractivity contribution in [2.75, 3.05) is 13.1 Å². The minimum Gasteiger partial charge on any atom is -0.353 e. The molecule has 0 radical (unpaired) electrons. The van der Waals surface area contributed by atoms with Crippen LogP contribution in [-0.4, -0.2) is 35.8 Å². The largest absolute Gasteiger partial charge is 0.353 e. The zero-order chi connectivity index (χ0) is 17.0. The summed E-state index contributed by atoms with van der Waals surface area (Å²) in [5.74, 6) is 0.553. The van der Waals surface area contributed by atoms with Crippen molar-refractivity contribution in [2.24, 2.45) is 11.8 Å². The number of nitrogens with one attached hydrogen (secondary N) is 1. The molecule has 1 N–H and O–H groups in total. The van der Waals surface area contributed by atoms with E-state index in [2.05, 4.69) is 19.2 Å². The third kappa shape index (κ3) is 4.71. The minimum atomic E-state index is 0.00506. The lowest BCUT2D eigenvalue weighted by molar-refractivity contribution is -0.127. The highest BCUT2D eigenvalue weighted by Gasteiger charge is 2.28. The van der Waals surface area contributed by atoms with E-state index in [1.807, 2.05) is 11.8 Å². The van der Waals surface area contributed by atoms with E-state index in [1.165, 1.54) is 0 Å². The second-order valence-corrected chi connectivity index (χ2v) is 7.05. The topological polar surface area (TPSA) is 49.4 Å². The average molecular weight is 337 g/mol. The van der Waals surface area contributed by atoms with E-state index in [0.717, 1.165) is 12.8 Å². The van der Waals surface area contributed by atoms with E-state index in [0.29, 0.717) is 29.6 Å². The van der Waals surface area contributed by atoms with E-state index < -0.39 is 0 Å². The van der Waals surface area contributed by atoms with Crippen LogP contribution in [0.1, 0.15) is 44.0 Å². The first-order chi connectivity index (χ1) is 10.9. The first-order valence-corrected chi connectivity index (χ1v) is 8.61. The fourth-order valence-electron chi connectivity index (χ4n) is 2.63. The van der Waals surface area contributed by atoms with Crippen LogP contribution < -0.4 is 5.32 Å². The predicted molar refractivity (Wildman–Crippen MR) is 92.5 cm³/mol.